The van der Waals surface area contributed by atoms with Crippen molar-refractivity contribution in [2.45, 2.75) is 49.4 Å². The molecular formula is C28H33ClF3N3O3. The number of fused-ring (bicyclic) bond motifs is 1. The third-order valence-corrected chi connectivity index (χ3v) is 8.30. The van der Waals surface area contributed by atoms with Crippen LogP contribution in [0.15, 0.2) is 49.1 Å². The standard InChI is InChI=1S/C28H33ClF3N3O3/c1-5-13-33-26(36)35(19-7-8-22(29)21(16-19)28(30,31)32)20-10-11-27(12-14-34(2)25(27)17-20)18-6-9-23(37-3)24(15-18)38-4/h5-9,15-16,20,25H,1,10-14,17H2,2-4H3,(H,33,36)/t20-,25+,27+/m1/s1. The first-order chi connectivity index (χ1) is 18.1. The van der Waals surface area contributed by atoms with Gasteiger partial charge in [-0.2, -0.15) is 13.2 Å². The zero-order chi connectivity index (χ0) is 27.7. The van der Waals surface area contributed by atoms with Gasteiger partial charge in [0.2, 0.25) is 0 Å². The van der Waals surface area contributed by atoms with Crippen molar-refractivity contribution in [3.63, 3.8) is 0 Å². The van der Waals surface area contributed by atoms with Gasteiger partial charge in [-0.3, -0.25) is 4.90 Å². The first-order valence-electron chi connectivity index (χ1n) is 12.5. The quantitative estimate of drug-likeness (QED) is 0.412. The van der Waals surface area contributed by atoms with Gasteiger partial charge in [-0.25, -0.2) is 4.79 Å². The van der Waals surface area contributed by atoms with E-state index in [1.807, 2.05) is 12.1 Å². The third-order valence-electron chi connectivity index (χ3n) is 7.97. The van der Waals surface area contributed by atoms with Gasteiger partial charge in [0, 0.05) is 29.7 Å². The normalized spacial score (nSPS) is 23.4. The number of hydrogen-bond donors (Lipinski definition) is 1. The second-order valence-electron chi connectivity index (χ2n) is 9.91. The van der Waals surface area contributed by atoms with E-state index in [0.717, 1.165) is 31.0 Å². The van der Waals surface area contributed by atoms with Crippen molar-refractivity contribution in [3.8, 4) is 11.5 Å². The van der Waals surface area contributed by atoms with Crippen molar-refractivity contribution in [1.82, 2.24) is 10.2 Å². The summed E-state index contributed by atoms with van der Waals surface area (Å²) in [5, 5.41) is 2.35. The van der Waals surface area contributed by atoms with Crippen molar-refractivity contribution in [3.05, 3.63) is 65.2 Å². The fraction of sp³-hybridized carbons (Fsp3) is 0.464. The zero-order valence-corrected chi connectivity index (χ0v) is 22.5. The third kappa shape index (κ3) is 5.18. The highest BCUT2D eigenvalue weighted by Gasteiger charge is 2.52. The minimum Gasteiger partial charge on any atom is -0.493 e. The van der Waals surface area contributed by atoms with Crippen LogP contribution in [0.5, 0.6) is 11.5 Å². The Labute approximate surface area is 226 Å². The number of halogens is 4. The predicted molar refractivity (Wildman–Crippen MR) is 142 cm³/mol. The number of nitrogens with one attached hydrogen (secondary N) is 1. The van der Waals surface area contributed by atoms with Crippen molar-refractivity contribution in [2.24, 2.45) is 0 Å². The lowest BCUT2D eigenvalue weighted by Gasteiger charge is -2.47. The smallest absolute Gasteiger partial charge is 0.417 e. The van der Waals surface area contributed by atoms with Gasteiger partial charge in [0.1, 0.15) is 0 Å². The number of amides is 2. The molecule has 6 nitrogen and oxygen atoms in total. The number of methoxy groups -OCH3 is 2. The lowest BCUT2D eigenvalue weighted by Crippen LogP contribution is -2.55. The van der Waals surface area contributed by atoms with Gasteiger partial charge in [0.25, 0.3) is 0 Å². The maximum absolute atomic E-state index is 13.7. The Balaban J connectivity index is 1.71. The number of urea groups is 1. The molecule has 1 aliphatic heterocycles. The molecule has 206 valence electrons. The number of rotatable bonds is 7. The molecule has 2 aromatic carbocycles. The lowest BCUT2D eigenvalue weighted by atomic mass is 9.64. The van der Waals surface area contributed by atoms with Crippen LogP contribution in [0.2, 0.25) is 5.02 Å². The number of likely N-dealkylation sites (N-methyl/N-ethyl adjacent to an activating group) is 1. The number of carbonyl (C=O) groups is 1. The van der Waals surface area contributed by atoms with Gasteiger partial charge in [-0.05, 0) is 75.2 Å². The molecule has 1 saturated heterocycles. The lowest BCUT2D eigenvalue weighted by molar-refractivity contribution is -0.137. The van der Waals surface area contributed by atoms with Gasteiger partial charge in [-0.1, -0.05) is 23.7 Å². The number of likely N-dealkylation sites (tertiary alicyclic amines) is 1. The number of ether oxygens (including phenoxy) is 2. The molecule has 0 bridgehead atoms. The average Bonchev–Trinajstić information content (AvgIpc) is 3.24. The monoisotopic (exact) mass is 551 g/mol. The van der Waals surface area contributed by atoms with Gasteiger partial charge in [-0.15, -0.1) is 6.58 Å². The Hall–Kier alpha value is -2.91. The SMILES string of the molecule is C=CCNC(=O)N(c1ccc(Cl)c(C(F)(F)F)c1)[C@@H]1CC[C@@]2(c3ccc(OC)c(OC)c3)CCN(C)[C@H]2C1. The zero-order valence-electron chi connectivity index (χ0n) is 21.8. The van der Waals surface area contributed by atoms with E-state index in [0.29, 0.717) is 24.3 Å². The molecule has 3 atom stereocenters. The van der Waals surface area contributed by atoms with E-state index in [1.165, 1.54) is 23.1 Å². The van der Waals surface area contributed by atoms with Crippen molar-refractivity contribution in [1.29, 1.82) is 0 Å². The highest BCUT2D eigenvalue weighted by Crippen LogP contribution is 2.51. The Morgan fingerprint density at radius 2 is 1.95 bits per heavy atom. The van der Waals surface area contributed by atoms with E-state index in [-0.39, 0.29) is 29.7 Å². The number of hydrogen-bond acceptors (Lipinski definition) is 4. The van der Waals surface area contributed by atoms with Gasteiger partial charge >= 0.3 is 12.2 Å². The van der Waals surface area contributed by atoms with E-state index in [4.69, 9.17) is 21.1 Å². The Bertz CT molecular complexity index is 1190. The van der Waals surface area contributed by atoms with Crippen LogP contribution in [0.4, 0.5) is 23.7 Å². The van der Waals surface area contributed by atoms with Crippen LogP contribution in [0.25, 0.3) is 0 Å². The number of alkyl halides is 3. The molecule has 2 aromatic rings. The van der Waals surface area contributed by atoms with Gasteiger partial charge in [0.05, 0.1) is 24.8 Å². The molecule has 1 saturated carbocycles. The first-order valence-corrected chi connectivity index (χ1v) is 12.9. The summed E-state index contributed by atoms with van der Waals surface area (Å²) in [6, 6.07) is 8.92. The van der Waals surface area contributed by atoms with E-state index >= 15 is 0 Å². The van der Waals surface area contributed by atoms with Crippen LogP contribution in [0.3, 0.4) is 0 Å². The summed E-state index contributed by atoms with van der Waals surface area (Å²) in [7, 11) is 5.26. The summed E-state index contributed by atoms with van der Waals surface area (Å²) in [6.07, 6.45) is -0.213. The van der Waals surface area contributed by atoms with Crippen LogP contribution in [-0.2, 0) is 11.6 Å². The van der Waals surface area contributed by atoms with Crippen molar-refractivity contribution >= 4 is 23.3 Å². The maximum Gasteiger partial charge on any atom is 0.417 e. The predicted octanol–water partition coefficient (Wildman–Crippen LogP) is 6.27. The second-order valence-corrected chi connectivity index (χ2v) is 10.3. The Morgan fingerprint density at radius 3 is 2.61 bits per heavy atom. The highest BCUT2D eigenvalue weighted by atomic mass is 35.5. The average molecular weight is 552 g/mol. The van der Waals surface area contributed by atoms with E-state index in [1.54, 1.807) is 14.2 Å². The molecule has 1 aliphatic carbocycles. The fourth-order valence-electron chi connectivity index (χ4n) is 6.10. The Kier molecular flexibility index (Phi) is 8.18. The number of carbonyl (C=O) groups excluding carboxylic acids is 1. The molecule has 38 heavy (non-hydrogen) atoms. The van der Waals surface area contributed by atoms with E-state index in [2.05, 4.69) is 29.9 Å². The first kappa shape index (κ1) is 28.1. The molecular weight excluding hydrogens is 519 g/mol. The minimum atomic E-state index is -4.64. The molecule has 10 heteroatoms. The highest BCUT2D eigenvalue weighted by molar-refractivity contribution is 6.31. The van der Waals surface area contributed by atoms with Gasteiger partial charge in [0.15, 0.2) is 11.5 Å². The molecule has 0 radical (unpaired) electrons. The van der Waals surface area contributed by atoms with E-state index < -0.39 is 22.8 Å². The van der Waals surface area contributed by atoms with Crippen LogP contribution >= 0.6 is 11.6 Å². The van der Waals surface area contributed by atoms with E-state index in [9.17, 15) is 18.0 Å². The summed E-state index contributed by atoms with van der Waals surface area (Å²) in [6.45, 7) is 4.70. The summed E-state index contributed by atoms with van der Waals surface area (Å²) >= 11 is 5.88. The topological polar surface area (TPSA) is 54.0 Å². The number of nitrogens with zero attached hydrogens (tertiary/aromatic N) is 2. The molecule has 2 fully saturated rings. The summed E-state index contributed by atoms with van der Waals surface area (Å²) in [4.78, 5) is 17.1. The Morgan fingerprint density at radius 1 is 1.21 bits per heavy atom. The second kappa shape index (κ2) is 11.1. The number of anilines is 1. The molecule has 0 spiro atoms. The van der Waals surface area contributed by atoms with Crippen LogP contribution in [0.1, 0.15) is 36.8 Å². The summed E-state index contributed by atoms with van der Waals surface area (Å²) in [5.41, 5.74) is 0.154. The molecule has 1 heterocycles. The molecule has 1 N–H and O–H groups in total. The van der Waals surface area contributed by atoms with Crippen LogP contribution < -0.4 is 19.7 Å². The molecule has 0 unspecified atom stereocenters. The largest absolute Gasteiger partial charge is 0.493 e. The molecule has 2 aliphatic rings. The summed E-state index contributed by atoms with van der Waals surface area (Å²) in [5.74, 6) is 1.30. The minimum absolute atomic E-state index is 0.0726. The van der Waals surface area contributed by atoms with Crippen LogP contribution in [-0.4, -0.2) is 57.4 Å². The molecule has 2 amide bonds. The van der Waals surface area contributed by atoms with Crippen molar-refractivity contribution in [2.75, 3.05) is 39.3 Å². The van der Waals surface area contributed by atoms with Gasteiger partial charge < -0.3 is 19.7 Å². The summed E-state index contributed by atoms with van der Waals surface area (Å²) < 4.78 is 52.0. The molecule has 4 rings (SSSR count). The van der Waals surface area contributed by atoms with Crippen molar-refractivity contribution < 1.29 is 27.4 Å². The molecule has 0 aromatic heterocycles. The fourth-order valence-corrected chi connectivity index (χ4v) is 6.32. The number of benzene rings is 2. The maximum atomic E-state index is 13.7. The van der Waals surface area contributed by atoms with Crippen LogP contribution in [0, 0.1) is 0 Å².